The van der Waals surface area contributed by atoms with Gasteiger partial charge in [-0.3, -0.25) is 10.1 Å². The van der Waals surface area contributed by atoms with Gasteiger partial charge in [-0.1, -0.05) is 48.5 Å². The number of amides is 2. The Hall–Kier alpha value is -4.24. The molecule has 4 N–H and O–H groups in total. The Morgan fingerprint density at radius 1 is 0.970 bits per heavy atom. The Kier molecular flexibility index (Phi) is 6.32. The van der Waals surface area contributed by atoms with Crippen molar-refractivity contribution in [1.82, 2.24) is 10.3 Å². The summed E-state index contributed by atoms with van der Waals surface area (Å²) in [7, 11) is 0. The predicted molar refractivity (Wildman–Crippen MR) is 119 cm³/mol. The van der Waals surface area contributed by atoms with Gasteiger partial charge in [0, 0.05) is 5.92 Å². The zero-order chi connectivity index (χ0) is 23.4. The van der Waals surface area contributed by atoms with Crippen LogP contribution in [0.1, 0.15) is 27.5 Å². The lowest BCUT2D eigenvalue weighted by atomic mass is 9.98. The highest BCUT2D eigenvalue weighted by molar-refractivity contribution is 5.93. The van der Waals surface area contributed by atoms with E-state index in [1.807, 2.05) is 36.4 Å². The summed E-state index contributed by atoms with van der Waals surface area (Å²) in [5, 5.41) is 22.7. The summed E-state index contributed by atoms with van der Waals surface area (Å²) in [5.74, 6) is -2.15. The molecular weight excluding hydrogens is 426 g/mol. The number of carboxylic acid groups (broad SMARTS) is 1. The van der Waals surface area contributed by atoms with E-state index in [-0.39, 0.29) is 18.2 Å². The van der Waals surface area contributed by atoms with Gasteiger partial charge in [0.2, 0.25) is 0 Å². The van der Waals surface area contributed by atoms with E-state index in [2.05, 4.69) is 27.8 Å². The van der Waals surface area contributed by atoms with E-state index in [4.69, 9.17) is 9.84 Å². The van der Waals surface area contributed by atoms with Crippen LogP contribution in [0.15, 0.2) is 66.9 Å². The van der Waals surface area contributed by atoms with Crippen LogP contribution in [-0.4, -0.2) is 52.4 Å². The summed E-state index contributed by atoms with van der Waals surface area (Å²) in [5.41, 5.74) is 4.82. The van der Waals surface area contributed by atoms with Crippen molar-refractivity contribution < 1.29 is 29.3 Å². The summed E-state index contributed by atoms with van der Waals surface area (Å²) in [6, 6.07) is 18.9. The second-order valence-corrected chi connectivity index (χ2v) is 7.45. The summed E-state index contributed by atoms with van der Waals surface area (Å²) in [6.45, 7) is -0.282. The molecule has 2 aromatic carbocycles. The van der Waals surface area contributed by atoms with Crippen LogP contribution in [0.4, 0.5) is 10.5 Å². The molecule has 0 radical (unpaired) electrons. The third-order valence-corrected chi connectivity index (χ3v) is 5.33. The summed E-state index contributed by atoms with van der Waals surface area (Å²) >= 11 is 0. The van der Waals surface area contributed by atoms with Crippen molar-refractivity contribution in [3.63, 3.8) is 0 Å². The lowest BCUT2D eigenvalue weighted by Crippen LogP contribution is -2.36. The first-order valence-corrected chi connectivity index (χ1v) is 10.2. The maximum Gasteiger partial charge on any atom is 0.411 e. The molecule has 4 rings (SSSR count). The SMILES string of the molecule is O=C(Nc1ccc(C(=O)NC[C@H](O)C(=O)O)nc1)OCC1c2ccccc2-c2ccccc21. The van der Waals surface area contributed by atoms with E-state index in [1.165, 1.54) is 18.3 Å². The van der Waals surface area contributed by atoms with Crippen LogP contribution in [0.2, 0.25) is 0 Å². The second-order valence-electron chi connectivity index (χ2n) is 7.45. The molecular formula is C24H21N3O6. The minimum Gasteiger partial charge on any atom is -0.479 e. The average molecular weight is 447 g/mol. The number of hydrogen-bond donors (Lipinski definition) is 4. The number of pyridine rings is 1. The van der Waals surface area contributed by atoms with Gasteiger partial charge in [0.25, 0.3) is 5.91 Å². The Morgan fingerprint density at radius 3 is 2.18 bits per heavy atom. The summed E-state index contributed by atoms with van der Waals surface area (Å²) in [6.07, 6.45) is -1.08. The number of nitrogens with one attached hydrogen (secondary N) is 2. The average Bonchev–Trinajstić information content (AvgIpc) is 3.15. The van der Waals surface area contributed by atoms with Gasteiger partial charge in [-0.05, 0) is 34.4 Å². The van der Waals surface area contributed by atoms with Gasteiger partial charge in [-0.25, -0.2) is 14.6 Å². The number of aliphatic hydroxyl groups excluding tert-OH is 1. The van der Waals surface area contributed by atoms with E-state index in [1.54, 1.807) is 0 Å². The van der Waals surface area contributed by atoms with E-state index >= 15 is 0 Å². The molecule has 1 aliphatic rings. The Balaban J connectivity index is 1.33. The molecule has 9 nitrogen and oxygen atoms in total. The van der Waals surface area contributed by atoms with Gasteiger partial charge in [0.05, 0.1) is 18.4 Å². The molecule has 1 aliphatic carbocycles. The third kappa shape index (κ3) is 4.83. The van der Waals surface area contributed by atoms with Crippen molar-refractivity contribution in [3.8, 4) is 11.1 Å². The van der Waals surface area contributed by atoms with Gasteiger partial charge in [-0.2, -0.15) is 0 Å². The number of aromatic nitrogens is 1. The number of carbonyl (C=O) groups excluding carboxylic acids is 2. The molecule has 1 atom stereocenters. The fourth-order valence-corrected chi connectivity index (χ4v) is 3.72. The molecule has 1 heterocycles. The molecule has 33 heavy (non-hydrogen) atoms. The van der Waals surface area contributed by atoms with Crippen molar-refractivity contribution in [3.05, 3.63) is 83.7 Å². The highest BCUT2D eigenvalue weighted by atomic mass is 16.5. The van der Waals surface area contributed by atoms with E-state index in [0.717, 1.165) is 22.3 Å². The fraction of sp³-hybridized carbons (Fsp3) is 0.167. The van der Waals surface area contributed by atoms with Crippen molar-refractivity contribution in [1.29, 1.82) is 0 Å². The predicted octanol–water partition coefficient (Wildman–Crippen LogP) is 2.62. The number of carboxylic acids is 1. The number of hydrogen-bond acceptors (Lipinski definition) is 6. The molecule has 168 valence electrons. The molecule has 0 aliphatic heterocycles. The van der Waals surface area contributed by atoms with Crippen LogP contribution in [0.3, 0.4) is 0 Å². The topological polar surface area (TPSA) is 138 Å². The van der Waals surface area contributed by atoms with Crippen LogP contribution < -0.4 is 10.6 Å². The van der Waals surface area contributed by atoms with Crippen molar-refractivity contribution in [2.75, 3.05) is 18.5 Å². The largest absolute Gasteiger partial charge is 0.479 e. The summed E-state index contributed by atoms with van der Waals surface area (Å²) in [4.78, 5) is 38.8. The first-order chi connectivity index (χ1) is 15.9. The third-order valence-electron chi connectivity index (χ3n) is 5.33. The highest BCUT2D eigenvalue weighted by Crippen LogP contribution is 2.44. The smallest absolute Gasteiger partial charge is 0.411 e. The normalized spacial score (nSPS) is 12.9. The molecule has 3 aromatic rings. The molecule has 1 aromatic heterocycles. The van der Waals surface area contributed by atoms with E-state index in [9.17, 15) is 19.5 Å². The number of aliphatic hydroxyl groups is 1. The van der Waals surface area contributed by atoms with Crippen LogP contribution in [0.25, 0.3) is 11.1 Å². The number of rotatable bonds is 7. The quantitative estimate of drug-likeness (QED) is 0.437. The van der Waals surface area contributed by atoms with Gasteiger partial charge in [0.15, 0.2) is 6.10 Å². The van der Waals surface area contributed by atoms with Crippen LogP contribution >= 0.6 is 0 Å². The Bertz CT molecular complexity index is 1150. The number of aliphatic carboxylic acids is 1. The maximum absolute atomic E-state index is 12.3. The van der Waals surface area contributed by atoms with Crippen LogP contribution in [-0.2, 0) is 9.53 Å². The van der Waals surface area contributed by atoms with Gasteiger partial charge >= 0.3 is 12.1 Å². The van der Waals surface area contributed by atoms with Crippen LogP contribution in [0, 0.1) is 0 Å². The van der Waals surface area contributed by atoms with E-state index < -0.39 is 30.6 Å². The molecule has 0 fully saturated rings. The van der Waals surface area contributed by atoms with E-state index in [0.29, 0.717) is 5.69 Å². The molecule has 0 bridgehead atoms. The minimum atomic E-state index is -1.71. The van der Waals surface area contributed by atoms with Crippen molar-refractivity contribution in [2.45, 2.75) is 12.0 Å². The second kappa shape index (κ2) is 9.49. The minimum absolute atomic E-state index is 0.00526. The maximum atomic E-state index is 12.3. The van der Waals surface area contributed by atoms with Gasteiger partial charge in [-0.15, -0.1) is 0 Å². The number of benzene rings is 2. The zero-order valence-corrected chi connectivity index (χ0v) is 17.4. The van der Waals surface area contributed by atoms with Crippen molar-refractivity contribution >= 4 is 23.7 Å². The van der Waals surface area contributed by atoms with Crippen LogP contribution in [0.5, 0.6) is 0 Å². The number of anilines is 1. The molecule has 0 saturated carbocycles. The number of carbonyl (C=O) groups is 3. The molecule has 0 saturated heterocycles. The molecule has 0 spiro atoms. The summed E-state index contributed by atoms with van der Waals surface area (Å²) < 4.78 is 5.47. The Labute approximate surface area is 189 Å². The molecule has 2 amide bonds. The fourth-order valence-electron chi connectivity index (χ4n) is 3.72. The van der Waals surface area contributed by atoms with Crippen molar-refractivity contribution in [2.24, 2.45) is 0 Å². The molecule has 9 heteroatoms. The number of ether oxygens (including phenoxy) is 1. The lowest BCUT2D eigenvalue weighted by molar-refractivity contribution is -0.146. The lowest BCUT2D eigenvalue weighted by Gasteiger charge is -2.14. The number of fused-ring (bicyclic) bond motifs is 3. The highest BCUT2D eigenvalue weighted by Gasteiger charge is 2.29. The monoisotopic (exact) mass is 447 g/mol. The first kappa shape index (κ1) is 22.0. The molecule has 0 unspecified atom stereocenters. The zero-order valence-electron chi connectivity index (χ0n) is 17.4. The Morgan fingerprint density at radius 2 is 1.61 bits per heavy atom. The standard InChI is InChI=1S/C24H21N3O6/c28-21(23(30)31)12-26-22(29)20-10-9-14(11-25-20)27-24(32)33-13-19-17-7-3-1-5-15(17)16-6-2-4-8-18(16)19/h1-11,19,21,28H,12-13H2,(H,26,29)(H,27,32)(H,30,31)/t21-/m0/s1. The number of nitrogens with zero attached hydrogens (tertiary/aromatic N) is 1. The van der Waals surface area contributed by atoms with Gasteiger partial charge in [0.1, 0.15) is 12.3 Å². The first-order valence-electron chi connectivity index (χ1n) is 10.2. The van der Waals surface area contributed by atoms with Gasteiger partial charge < -0.3 is 20.3 Å².